The summed E-state index contributed by atoms with van der Waals surface area (Å²) in [5.74, 6) is 0.339. The highest BCUT2D eigenvalue weighted by atomic mass is 16.1. The summed E-state index contributed by atoms with van der Waals surface area (Å²) in [7, 11) is 0. The van der Waals surface area contributed by atoms with Crippen LogP contribution in [0.3, 0.4) is 0 Å². The number of likely N-dealkylation sites (tertiary alicyclic amines) is 2. The molecule has 0 aliphatic carbocycles. The fourth-order valence-corrected chi connectivity index (χ4v) is 5.57. The number of carbonyl (C=O) groups is 1. The Morgan fingerprint density at radius 1 is 0.765 bits per heavy atom. The number of hydrogen-bond donors (Lipinski definition) is 1. The van der Waals surface area contributed by atoms with Gasteiger partial charge in [-0.1, -0.05) is 73.2 Å². The smallest absolute Gasteiger partial charge is 0.223 e. The number of amides is 1. The molecule has 2 saturated heterocycles. The van der Waals surface area contributed by atoms with Crippen LogP contribution in [0, 0.1) is 5.92 Å². The lowest BCUT2D eigenvalue weighted by molar-refractivity contribution is -0.126. The number of benzene rings is 3. The maximum atomic E-state index is 12.9. The number of fused-ring (bicyclic) bond motifs is 1. The van der Waals surface area contributed by atoms with Crippen LogP contribution in [-0.4, -0.2) is 41.9 Å². The second kappa shape index (κ2) is 11.2. The Hall–Kier alpha value is -2.69. The van der Waals surface area contributed by atoms with Crippen LogP contribution in [0.2, 0.25) is 0 Å². The van der Waals surface area contributed by atoms with Gasteiger partial charge in [0.15, 0.2) is 0 Å². The lowest BCUT2D eigenvalue weighted by Crippen LogP contribution is -2.40. The zero-order valence-electron chi connectivity index (χ0n) is 20.2. The van der Waals surface area contributed by atoms with Crippen molar-refractivity contribution in [2.45, 2.75) is 51.7 Å². The van der Waals surface area contributed by atoms with Crippen molar-refractivity contribution in [1.29, 1.82) is 0 Å². The molecule has 2 fully saturated rings. The minimum Gasteiger partial charge on any atom is -0.352 e. The van der Waals surface area contributed by atoms with E-state index in [0.29, 0.717) is 6.54 Å². The summed E-state index contributed by atoms with van der Waals surface area (Å²) in [6, 6.07) is 23.9. The molecule has 178 valence electrons. The molecule has 0 spiro atoms. The highest BCUT2D eigenvalue weighted by Crippen LogP contribution is 2.24. The summed E-state index contributed by atoms with van der Waals surface area (Å²) < 4.78 is 0. The van der Waals surface area contributed by atoms with Crippen molar-refractivity contribution >= 4 is 16.7 Å². The highest BCUT2D eigenvalue weighted by molar-refractivity contribution is 5.85. The van der Waals surface area contributed by atoms with E-state index in [2.05, 4.69) is 81.8 Å². The van der Waals surface area contributed by atoms with Gasteiger partial charge in [-0.25, -0.2) is 0 Å². The third-order valence-corrected chi connectivity index (χ3v) is 7.55. The second-order valence-corrected chi connectivity index (χ2v) is 10.1. The normalized spacial score (nSPS) is 18.2. The van der Waals surface area contributed by atoms with E-state index in [1.807, 2.05) is 0 Å². The quantitative estimate of drug-likeness (QED) is 0.521. The number of nitrogens with zero attached hydrogens (tertiary/aromatic N) is 2. The number of piperidine rings is 2. The van der Waals surface area contributed by atoms with Crippen molar-refractivity contribution in [3.8, 4) is 0 Å². The maximum Gasteiger partial charge on any atom is 0.223 e. The van der Waals surface area contributed by atoms with Gasteiger partial charge in [0.2, 0.25) is 5.91 Å². The first kappa shape index (κ1) is 23.1. The molecule has 0 atom stereocenters. The van der Waals surface area contributed by atoms with E-state index in [1.165, 1.54) is 59.8 Å². The summed E-state index contributed by atoms with van der Waals surface area (Å²) in [4.78, 5) is 17.9. The van der Waals surface area contributed by atoms with Gasteiger partial charge in [-0.15, -0.1) is 0 Å². The van der Waals surface area contributed by atoms with Crippen LogP contribution in [-0.2, 0) is 24.4 Å². The standard InChI is InChI=1S/C30H37N3O/c34-30(31-21-24-8-6-9-25(20-24)22-32-16-4-1-5-17-32)27-14-18-33(19-15-27)23-28-12-7-11-26-10-2-3-13-29(26)28/h2-3,6-13,20,27H,1,4-5,14-19,21-23H2,(H,31,34). The molecule has 1 amide bonds. The van der Waals surface area contributed by atoms with Gasteiger partial charge in [0, 0.05) is 25.6 Å². The van der Waals surface area contributed by atoms with E-state index in [0.717, 1.165) is 39.0 Å². The molecule has 0 bridgehead atoms. The topological polar surface area (TPSA) is 35.6 Å². The lowest BCUT2D eigenvalue weighted by Gasteiger charge is -2.31. The van der Waals surface area contributed by atoms with Crippen LogP contribution in [0.4, 0.5) is 0 Å². The van der Waals surface area contributed by atoms with Crippen LogP contribution in [0.5, 0.6) is 0 Å². The molecular formula is C30H37N3O. The molecule has 3 aromatic rings. The summed E-state index contributed by atoms with van der Waals surface area (Å²) in [5.41, 5.74) is 3.94. The number of carbonyl (C=O) groups excluding carboxylic acids is 1. The molecule has 2 aliphatic rings. The van der Waals surface area contributed by atoms with Gasteiger partial charge in [0.1, 0.15) is 0 Å². The van der Waals surface area contributed by atoms with E-state index in [-0.39, 0.29) is 11.8 Å². The Morgan fingerprint density at radius 3 is 2.32 bits per heavy atom. The van der Waals surface area contributed by atoms with Gasteiger partial charge < -0.3 is 5.32 Å². The van der Waals surface area contributed by atoms with E-state index in [9.17, 15) is 4.79 Å². The van der Waals surface area contributed by atoms with E-state index < -0.39 is 0 Å². The molecule has 1 N–H and O–H groups in total. The van der Waals surface area contributed by atoms with Crippen molar-refractivity contribution in [2.75, 3.05) is 26.2 Å². The van der Waals surface area contributed by atoms with Crippen LogP contribution < -0.4 is 5.32 Å². The van der Waals surface area contributed by atoms with Crippen LogP contribution in [0.1, 0.15) is 48.8 Å². The number of rotatable bonds is 7. The van der Waals surface area contributed by atoms with Crippen molar-refractivity contribution in [3.63, 3.8) is 0 Å². The summed E-state index contributed by atoms with van der Waals surface area (Å²) in [6.45, 7) is 6.99. The van der Waals surface area contributed by atoms with Crippen molar-refractivity contribution < 1.29 is 4.79 Å². The first-order valence-corrected chi connectivity index (χ1v) is 13.0. The number of hydrogen-bond acceptors (Lipinski definition) is 3. The van der Waals surface area contributed by atoms with Gasteiger partial charge in [0.25, 0.3) is 0 Å². The zero-order valence-corrected chi connectivity index (χ0v) is 20.2. The molecule has 0 unspecified atom stereocenters. The molecule has 5 rings (SSSR count). The number of nitrogens with one attached hydrogen (secondary N) is 1. The molecule has 0 radical (unpaired) electrons. The molecular weight excluding hydrogens is 418 g/mol. The monoisotopic (exact) mass is 455 g/mol. The molecule has 0 saturated carbocycles. The van der Waals surface area contributed by atoms with Crippen LogP contribution in [0.15, 0.2) is 66.7 Å². The van der Waals surface area contributed by atoms with E-state index in [1.54, 1.807) is 0 Å². The fraction of sp³-hybridized carbons (Fsp3) is 0.433. The third-order valence-electron chi connectivity index (χ3n) is 7.55. The largest absolute Gasteiger partial charge is 0.352 e. The van der Waals surface area contributed by atoms with Crippen LogP contribution >= 0.6 is 0 Å². The van der Waals surface area contributed by atoms with Gasteiger partial charge in [-0.2, -0.15) is 0 Å². The molecule has 2 aliphatic heterocycles. The predicted octanol–water partition coefficient (Wildman–Crippen LogP) is 5.35. The second-order valence-electron chi connectivity index (χ2n) is 10.1. The summed E-state index contributed by atoms with van der Waals surface area (Å²) >= 11 is 0. The average molecular weight is 456 g/mol. The Kier molecular flexibility index (Phi) is 7.57. The summed E-state index contributed by atoms with van der Waals surface area (Å²) in [5, 5.41) is 5.86. The third kappa shape index (κ3) is 5.86. The first-order valence-electron chi connectivity index (χ1n) is 13.0. The zero-order chi connectivity index (χ0) is 23.2. The minimum atomic E-state index is 0.125. The maximum absolute atomic E-state index is 12.9. The predicted molar refractivity (Wildman–Crippen MR) is 139 cm³/mol. The van der Waals surface area contributed by atoms with Crippen molar-refractivity contribution in [2.24, 2.45) is 5.92 Å². The Labute approximate surface area is 203 Å². The van der Waals surface area contributed by atoms with Crippen LogP contribution in [0.25, 0.3) is 10.8 Å². The summed E-state index contributed by atoms with van der Waals surface area (Å²) in [6.07, 6.45) is 5.87. The van der Waals surface area contributed by atoms with Crippen molar-refractivity contribution in [3.05, 3.63) is 83.4 Å². The molecule has 2 heterocycles. The molecule has 3 aromatic carbocycles. The Morgan fingerprint density at radius 2 is 1.47 bits per heavy atom. The van der Waals surface area contributed by atoms with Gasteiger partial charge in [0.05, 0.1) is 0 Å². The molecule has 4 nitrogen and oxygen atoms in total. The first-order chi connectivity index (χ1) is 16.7. The Bertz CT molecular complexity index is 1090. The lowest BCUT2D eigenvalue weighted by atomic mass is 9.95. The van der Waals surface area contributed by atoms with Gasteiger partial charge in [-0.05, 0) is 79.3 Å². The van der Waals surface area contributed by atoms with E-state index >= 15 is 0 Å². The molecule has 34 heavy (non-hydrogen) atoms. The van der Waals surface area contributed by atoms with Gasteiger partial charge in [-0.3, -0.25) is 14.6 Å². The highest BCUT2D eigenvalue weighted by Gasteiger charge is 2.25. The van der Waals surface area contributed by atoms with Gasteiger partial charge >= 0.3 is 0 Å². The Balaban J connectivity index is 1.09. The average Bonchev–Trinajstić information content (AvgIpc) is 2.89. The SMILES string of the molecule is O=C(NCc1cccc(CN2CCCCC2)c1)C1CCN(Cc2cccc3ccccc23)CC1. The van der Waals surface area contributed by atoms with E-state index in [4.69, 9.17) is 0 Å². The molecule has 4 heteroatoms. The fourth-order valence-electron chi connectivity index (χ4n) is 5.57. The molecule has 0 aromatic heterocycles. The van der Waals surface area contributed by atoms with Crippen molar-refractivity contribution in [1.82, 2.24) is 15.1 Å². The minimum absolute atomic E-state index is 0.125.